The molecule has 2 heterocycles. The normalized spacial score (nSPS) is 20.4. The van der Waals surface area contributed by atoms with Gasteiger partial charge in [0, 0.05) is 17.5 Å². The highest BCUT2D eigenvalue weighted by atomic mass is 16.7. The van der Waals surface area contributed by atoms with Crippen molar-refractivity contribution in [1.29, 1.82) is 0 Å². The van der Waals surface area contributed by atoms with Crippen LogP contribution in [-0.4, -0.2) is 60.3 Å². The number of fused-ring (bicyclic) bond motifs is 1. The van der Waals surface area contributed by atoms with E-state index in [9.17, 15) is 24.3 Å². The van der Waals surface area contributed by atoms with Gasteiger partial charge in [-0.15, -0.1) is 0 Å². The van der Waals surface area contributed by atoms with Gasteiger partial charge in [-0.05, 0) is 61.0 Å². The summed E-state index contributed by atoms with van der Waals surface area (Å²) in [7, 11) is 0. The van der Waals surface area contributed by atoms with Crippen molar-refractivity contribution in [2.45, 2.75) is 37.6 Å². The van der Waals surface area contributed by atoms with Gasteiger partial charge >= 0.3 is 23.5 Å². The molecule has 0 aliphatic carbocycles. The van der Waals surface area contributed by atoms with Gasteiger partial charge in [-0.2, -0.15) is 0 Å². The van der Waals surface area contributed by atoms with E-state index in [0.29, 0.717) is 10.9 Å². The molecule has 0 spiro atoms. The number of carbonyl (C=O) groups excluding carboxylic acids is 3. The Balaban J connectivity index is 1.35. The lowest BCUT2D eigenvalue weighted by Crippen LogP contribution is -2.62. The van der Waals surface area contributed by atoms with Crippen molar-refractivity contribution >= 4 is 28.9 Å². The molecule has 5 aromatic rings. The third-order valence-electron chi connectivity index (χ3n) is 7.69. The molecule has 11 heteroatoms. The fourth-order valence-corrected chi connectivity index (χ4v) is 5.24. The molecule has 0 radical (unpaired) electrons. The minimum atomic E-state index is -1.65. The first-order valence-corrected chi connectivity index (χ1v) is 15.1. The van der Waals surface area contributed by atoms with Gasteiger partial charge in [0.2, 0.25) is 12.4 Å². The molecular weight excluding hydrogens is 620 g/mol. The van der Waals surface area contributed by atoms with Crippen LogP contribution in [0.5, 0.6) is 5.75 Å². The quantitative estimate of drug-likeness (QED) is 0.132. The minimum Gasteiger partial charge on any atom is -0.461 e. The lowest BCUT2D eigenvalue weighted by atomic mass is 9.98. The summed E-state index contributed by atoms with van der Waals surface area (Å²) < 4.78 is 34.8. The lowest BCUT2D eigenvalue weighted by molar-refractivity contribution is -0.275. The monoisotopic (exact) mass is 650 g/mol. The maximum absolute atomic E-state index is 13.3. The molecule has 1 fully saturated rings. The summed E-state index contributed by atoms with van der Waals surface area (Å²) >= 11 is 0. The largest absolute Gasteiger partial charge is 0.461 e. The second-order valence-electron chi connectivity index (χ2n) is 11.0. The molecule has 244 valence electrons. The van der Waals surface area contributed by atoms with Gasteiger partial charge in [-0.1, -0.05) is 54.6 Å². The number of ether oxygens (including phenoxy) is 5. The summed E-state index contributed by atoms with van der Waals surface area (Å²) in [4.78, 5) is 51.5. The number of rotatable bonds is 9. The van der Waals surface area contributed by atoms with Crippen molar-refractivity contribution in [3.8, 4) is 5.75 Å². The van der Waals surface area contributed by atoms with Crippen LogP contribution in [0.3, 0.4) is 0 Å². The smallest absolute Gasteiger partial charge is 0.338 e. The number of esters is 3. The maximum Gasteiger partial charge on any atom is 0.338 e. The van der Waals surface area contributed by atoms with Crippen molar-refractivity contribution in [2.75, 3.05) is 6.61 Å². The van der Waals surface area contributed by atoms with Crippen molar-refractivity contribution in [3.63, 3.8) is 0 Å². The van der Waals surface area contributed by atoms with Gasteiger partial charge in [0.1, 0.15) is 30.1 Å². The number of hydrogen-bond acceptors (Lipinski definition) is 11. The van der Waals surface area contributed by atoms with E-state index in [2.05, 4.69) is 0 Å². The summed E-state index contributed by atoms with van der Waals surface area (Å²) in [5.74, 6) is -2.16. The van der Waals surface area contributed by atoms with Gasteiger partial charge in [0.25, 0.3) is 0 Å². The number of aliphatic hydroxyl groups is 1. The summed E-state index contributed by atoms with van der Waals surface area (Å²) in [6.45, 7) is 1.29. The molecule has 1 aliphatic heterocycles. The van der Waals surface area contributed by atoms with Crippen LogP contribution in [-0.2, 0) is 18.9 Å². The molecule has 6 rings (SSSR count). The standard InChI is InChI=1S/C37H30O11/c1-22-19-30(38)45-28-20-26(17-18-27(22)28)44-37-33(48-36(42)25-15-9-4-10-16-25)32(47-35(41)24-13-7-3-8-14-24)31(39)29(46-37)21-43-34(40)23-11-5-2-6-12-23/h2-20,29,31-33,37,39H,21H2,1H3/t29?,31-,32-,33-,37+/m0/s1. The zero-order valence-corrected chi connectivity index (χ0v) is 25.6. The topological polar surface area (TPSA) is 148 Å². The minimum absolute atomic E-state index is 0.145. The highest BCUT2D eigenvalue weighted by molar-refractivity contribution is 5.91. The van der Waals surface area contributed by atoms with E-state index < -0.39 is 60.8 Å². The van der Waals surface area contributed by atoms with Gasteiger partial charge in [0.05, 0.1) is 16.7 Å². The summed E-state index contributed by atoms with van der Waals surface area (Å²) in [6, 6.07) is 30.4. The molecule has 4 aromatic carbocycles. The molecule has 0 bridgehead atoms. The van der Waals surface area contributed by atoms with E-state index in [1.807, 2.05) is 0 Å². The Hall–Kier alpha value is -5.78. The maximum atomic E-state index is 13.3. The SMILES string of the molecule is Cc1cc(=O)oc2cc(O[C@@H]3OC(COC(=O)c4ccccc4)[C@H](O)[C@H](OC(=O)c4ccccc4)[C@@H]3OC(=O)c3ccccc3)ccc12. The molecular formula is C37H30O11. The Labute approximate surface area is 274 Å². The Morgan fingerprint density at radius 1 is 0.708 bits per heavy atom. The third kappa shape index (κ3) is 7.27. The highest BCUT2D eigenvalue weighted by Crippen LogP contribution is 2.31. The Bertz CT molecular complexity index is 1960. The average molecular weight is 651 g/mol. The van der Waals surface area contributed by atoms with Crippen LogP contribution in [0.15, 0.2) is 124 Å². The first-order valence-electron chi connectivity index (χ1n) is 15.1. The number of aliphatic hydroxyl groups excluding tert-OH is 1. The second-order valence-corrected chi connectivity index (χ2v) is 11.0. The predicted octanol–water partition coefficient (Wildman–Crippen LogP) is 4.87. The average Bonchev–Trinajstić information content (AvgIpc) is 3.11. The van der Waals surface area contributed by atoms with Crippen molar-refractivity contribution in [3.05, 3.63) is 148 Å². The number of carbonyl (C=O) groups is 3. The van der Waals surface area contributed by atoms with Crippen LogP contribution in [0.4, 0.5) is 0 Å². The Morgan fingerprint density at radius 3 is 1.83 bits per heavy atom. The van der Waals surface area contributed by atoms with Crippen LogP contribution >= 0.6 is 0 Å². The number of aryl methyl sites for hydroxylation is 1. The fourth-order valence-electron chi connectivity index (χ4n) is 5.24. The van der Waals surface area contributed by atoms with Crippen LogP contribution in [0.1, 0.15) is 36.6 Å². The molecule has 1 aromatic heterocycles. The summed E-state index contributed by atoms with van der Waals surface area (Å²) in [6.07, 6.45) is -7.54. The fraction of sp³-hybridized carbons (Fsp3) is 0.189. The Morgan fingerprint density at radius 2 is 1.25 bits per heavy atom. The molecule has 1 saturated heterocycles. The molecule has 5 atom stereocenters. The van der Waals surface area contributed by atoms with Crippen LogP contribution in [0, 0.1) is 6.92 Å². The number of hydrogen-bond donors (Lipinski definition) is 1. The molecule has 48 heavy (non-hydrogen) atoms. The number of benzene rings is 4. The van der Waals surface area contributed by atoms with Crippen molar-refractivity contribution in [1.82, 2.24) is 0 Å². The van der Waals surface area contributed by atoms with E-state index in [0.717, 1.165) is 0 Å². The molecule has 1 unspecified atom stereocenters. The first kappa shape index (κ1) is 32.2. The third-order valence-corrected chi connectivity index (χ3v) is 7.69. The second kappa shape index (κ2) is 14.3. The van der Waals surface area contributed by atoms with E-state index >= 15 is 0 Å². The van der Waals surface area contributed by atoms with Gasteiger partial charge < -0.3 is 33.2 Å². The van der Waals surface area contributed by atoms with E-state index in [-0.39, 0.29) is 28.0 Å². The summed E-state index contributed by atoms with van der Waals surface area (Å²) in [5.41, 5.74) is 0.982. The van der Waals surface area contributed by atoms with Crippen molar-refractivity contribution in [2.24, 2.45) is 0 Å². The van der Waals surface area contributed by atoms with Crippen LogP contribution in [0.2, 0.25) is 0 Å². The Kier molecular flexibility index (Phi) is 9.60. The van der Waals surface area contributed by atoms with Crippen LogP contribution in [0.25, 0.3) is 11.0 Å². The summed E-state index contributed by atoms with van der Waals surface area (Å²) in [5, 5.41) is 12.2. The molecule has 0 saturated carbocycles. The van der Waals surface area contributed by atoms with Crippen molar-refractivity contribution < 1.29 is 47.6 Å². The molecule has 0 amide bonds. The van der Waals surface area contributed by atoms with Crippen LogP contribution < -0.4 is 10.4 Å². The van der Waals surface area contributed by atoms with Gasteiger partial charge in [-0.3, -0.25) is 0 Å². The highest BCUT2D eigenvalue weighted by Gasteiger charge is 2.51. The van der Waals surface area contributed by atoms with E-state index in [1.54, 1.807) is 85.8 Å². The van der Waals surface area contributed by atoms with E-state index in [1.165, 1.54) is 36.4 Å². The first-order chi connectivity index (χ1) is 23.3. The predicted molar refractivity (Wildman–Crippen MR) is 171 cm³/mol. The molecule has 1 N–H and O–H groups in total. The molecule has 1 aliphatic rings. The molecule has 11 nitrogen and oxygen atoms in total. The van der Waals surface area contributed by atoms with Gasteiger partial charge in [0.15, 0.2) is 6.10 Å². The lowest BCUT2D eigenvalue weighted by Gasteiger charge is -2.42. The van der Waals surface area contributed by atoms with E-state index in [4.69, 9.17) is 28.1 Å². The van der Waals surface area contributed by atoms with Gasteiger partial charge in [-0.25, -0.2) is 19.2 Å². The zero-order valence-electron chi connectivity index (χ0n) is 25.6. The zero-order chi connectivity index (χ0) is 33.6.